The van der Waals surface area contributed by atoms with E-state index >= 15 is 0 Å². The summed E-state index contributed by atoms with van der Waals surface area (Å²) in [4.78, 5) is 16.2. The van der Waals surface area contributed by atoms with Crippen LogP contribution < -0.4 is 0 Å². The maximum absolute atomic E-state index is 5.48. The van der Waals surface area contributed by atoms with Crippen LogP contribution in [0, 0.1) is 0 Å². The van der Waals surface area contributed by atoms with Gasteiger partial charge in [-0.15, -0.1) is 0 Å². The smallest absolute Gasteiger partial charge is 0.164 e. The van der Waals surface area contributed by atoms with Gasteiger partial charge in [-0.25, -0.2) is 15.0 Å². The Labute approximate surface area is 414 Å². The maximum Gasteiger partial charge on any atom is 0.164 e. The molecular weight excluding hydrogens is 859 g/mol. The molecule has 13 rings (SSSR count). The molecule has 0 saturated carbocycles. The molecule has 0 radical (unpaired) electrons. The summed E-state index contributed by atoms with van der Waals surface area (Å²) in [7, 11) is 0. The number of rotatable bonds is 9. The summed E-state index contributed by atoms with van der Waals surface area (Å²) in [6.45, 7) is 0. The molecule has 11 aromatic carbocycles. The summed E-state index contributed by atoms with van der Waals surface area (Å²) >= 11 is 0. The first-order chi connectivity index (χ1) is 35.2. The third kappa shape index (κ3) is 7.35. The fraction of sp³-hybridized carbons (Fsp3) is 0.0147. The van der Waals surface area contributed by atoms with Crippen molar-refractivity contribution in [1.82, 2.24) is 15.0 Å². The number of aromatic nitrogens is 3. The van der Waals surface area contributed by atoms with Crippen molar-refractivity contribution in [3.05, 3.63) is 295 Å². The Morgan fingerprint density at radius 2 is 0.662 bits per heavy atom. The van der Waals surface area contributed by atoms with Crippen molar-refractivity contribution in [2.24, 2.45) is 0 Å². The van der Waals surface area contributed by atoms with Crippen molar-refractivity contribution in [2.45, 2.75) is 5.41 Å². The minimum Gasteiger partial charge on any atom is -0.208 e. The van der Waals surface area contributed by atoms with Gasteiger partial charge in [0.2, 0.25) is 0 Å². The summed E-state index contributed by atoms with van der Waals surface area (Å²) in [6, 6.07) is 98.1. The van der Waals surface area contributed by atoms with E-state index in [-0.39, 0.29) is 0 Å². The van der Waals surface area contributed by atoms with E-state index in [1.165, 1.54) is 33.4 Å². The van der Waals surface area contributed by atoms with Crippen molar-refractivity contribution in [1.29, 1.82) is 0 Å². The van der Waals surface area contributed by atoms with Gasteiger partial charge in [0.05, 0.1) is 5.41 Å². The number of hydrogen-bond acceptors (Lipinski definition) is 3. The Hall–Kier alpha value is -9.31. The Kier molecular flexibility index (Phi) is 10.4. The van der Waals surface area contributed by atoms with Gasteiger partial charge in [-0.1, -0.05) is 249 Å². The van der Waals surface area contributed by atoms with Gasteiger partial charge < -0.3 is 0 Å². The van der Waals surface area contributed by atoms with E-state index in [4.69, 9.17) is 15.0 Å². The van der Waals surface area contributed by atoms with Crippen LogP contribution in [0.5, 0.6) is 0 Å². The average Bonchev–Trinajstić information content (AvgIpc) is 3.77. The maximum atomic E-state index is 5.48. The highest BCUT2D eigenvalue weighted by Crippen LogP contribution is 2.57. The van der Waals surface area contributed by atoms with Gasteiger partial charge in [-0.3, -0.25) is 0 Å². The molecule has 1 aliphatic carbocycles. The highest BCUT2D eigenvalue weighted by molar-refractivity contribution is 5.99. The van der Waals surface area contributed by atoms with Crippen LogP contribution in [0.4, 0.5) is 0 Å². The molecule has 0 fully saturated rings. The predicted molar refractivity (Wildman–Crippen MR) is 293 cm³/mol. The van der Waals surface area contributed by atoms with Crippen molar-refractivity contribution < 1.29 is 0 Å². The summed E-state index contributed by atoms with van der Waals surface area (Å²) in [5, 5.41) is 2.29. The van der Waals surface area contributed by atoms with Crippen LogP contribution in [0.1, 0.15) is 22.3 Å². The first-order valence-electron chi connectivity index (χ1n) is 24.3. The van der Waals surface area contributed by atoms with E-state index in [1.54, 1.807) is 0 Å². The average molecular weight is 904 g/mol. The van der Waals surface area contributed by atoms with Crippen LogP contribution in [0.2, 0.25) is 0 Å². The molecule has 0 atom stereocenters. The fourth-order valence-electron chi connectivity index (χ4n) is 10.9. The third-order valence-corrected chi connectivity index (χ3v) is 14.2. The van der Waals surface area contributed by atoms with E-state index in [0.29, 0.717) is 17.5 Å². The molecule has 3 nitrogen and oxygen atoms in total. The molecule has 1 aliphatic rings. The minimum absolute atomic E-state index is 0.508. The second-order valence-corrected chi connectivity index (χ2v) is 18.3. The summed E-state index contributed by atoms with van der Waals surface area (Å²) < 4.78 is 0. The molecule has 332 valence electrons. The molecule has 12 aromatic rings. The van der Waals surface area contributed by atoms with Crippen molar-refractivity contribution in [3.63, 3.8) is 0 Å². The molecule has 0 spiro atoms. The first-order valence-corrected chi connectivity index (χ1v) is 24.3. The zero-order valence-corrected chi connectivity index (χ0v) is 38.8. The summed E-state index contributed by atoms with van der Waals surface area (Å²) in [6.07, 6.45) is 0. The number of benzene rings is 11. The van der Waals surface area contributed by atoms with Gasteiger partial charge in [-0.2, -0.15) is 0 Å². The standard InChI is InChI=1S/C68H45N3/c1-6-20-46(21-7-1)49-34-37-51(38-35-49)65-69-66(54-39-36-48-24-16-17-27-52(48)42-54)71-67(70-65)61-45-55(47-22-8-2-9-23-47)44-59(64(61)50-25-10-3-11-26-50)53-40-41-63-60(43-53)58-32-18-19-33-62(58)68(63,56-28-12-4-13-29-56)57-30-14-5-15-31-57/h1-45H. The van der Waals surface area contributed by atoms with Gasteiger partial charge in [-0.05, 0) is 107 Å². The highest BCUT2D eigenvalue weighted by atomic mass is 15.0. The van der Waals surface area contributed by atoms with Gasteiger partial charge in [0.1, 0.15) is 0 Å². The largest absolute Gasteiger partial charge is 0.208 e. The van der Waals surface area contributed by atoms with Crippen molar-refractivity contribution >= 4 is 10.8 Å². The van der Waals surface area contributed by atoms with E-state index in [9.17, 15) is 0 Å². The quantitative estimate of drug-likeness (QED) is 0.145. The monoisotopic (exact) mass is 903 g/mol. The summed E-state index contributed by atoms with van der Waals surface area (Å²) in [5.41, 5.74) is 18.5. The second-order valence-electron chi connectivity index (χ2n) is 18.3. The lowest BCUT2D eigenvalue weighted by Crippen LogP contribution is -2.28. The van der Waals surface area contributed by atoms with Crippen LogP contribution >= 0.6 is 0 Å². The predicted octanol–water partition coefficient (Wildman–Crippen LogP) is 17.1. The molecule has 0 aliphatic heterocycles. The van der Waals surface area contributed by atoms with E-state index in [1.807, 2.05) is 6.07 Å². The van der Waals surface area contributed by atoms with Crippen LogP contribution in [-0.2, 0) is 5.41 Å². The zero-order chi connectivity index (χ0) is 47.1. The van der Waals surface area contributed by atoms with Gasteiger partial charge in [0.25, 0.3) is 0 Å². The molecule has 0 saturated heterocycles. The lowest BCUT2D eigenvalue weighted by molar-refractivity contribution is 0.768. The molecule has 3 heteroatoms. The summed E-state index contributed by atoms with van der Waals surface area (Å²) in [5.74, 6) is 1.82. The SMILES string of the molecule is c1ccc(-c2ccc(-c3nc(-c4ccc5ccccc5c4)nc(-c4cc(-c5ccccc5)cc(-c5ccc6c(c5)-c5ccccc5C6(c5ccccc5)c5ccccc5)c4-c4ccccc4)n3)cc2)cc1. The van der Waals surface area contributed by atoms with E-state index in [0.717, 1.165) is 72.0 Å². The van der Waals surface area contributed by atoms with E-state index < -0.39 is 5.41 Å². The highest BCUT2D eigenvalue weighted by Gasteiger charge is 2.46. The normalized spacial score (nSPS) is 12.3. The van der Waals surface area contributed by atoms with Crippen molar-refractivity contribution in [3.8, 4) is 89.8 Å². The zero-order valence-electron chi connectivity index (χ0n) is 38.8. The molecule has 0 unspecified atom stereocenters. The molecule has 1 heterocycles. The Balaban J connectivity index is 1.08. The van der Waals surface area contributed by atoms with Crippen LogP contribution in [0.15, 0.2) is 273 Å². The first kappa shape index (κ1) is 41.8. The number of fused-ring (bicyclic) bond motifs is 4. The molecule has 71 heavy (non-hydrogen) atoms. The Morgan fingerprint density at radius 3 is 1.32 bits per heavy atom. The van der Waals surface area contributed by atoms with Gasteiger partial charge in [0, 0.05) is 22.3 Å². The molecule has 1 aromatic heterocycles. The van der Waals surface area contributed by atoms with Crippen LogP contribution in [0.3, 0.4) is 0 Å². The molecule has 0 N–H and O–H groups in total. The third-order valence-electron chi connectivity index (χ3n) is 14.2. The number of nitrogens with zero attached hydrogens (tertiary/aromatic N) is 3. The lowest BCUT2D eigenvalue weighted by atomic mass is 9.67. The lowest BCUT2D eigenvalue weighted by Gasteiger charge is -2.34. The fourth-order valence-corrected chi connectivity index (χ4v) is 10.9. The molecule has 0 amide bonds. The van der Waals surface area contributed by atoms with Crippen molar-refractivity contribution in [2.75, 3.05) is 0 Å². The number of hydrogen-bond donors (Lipinski definition) is 0. The minimum atomic E-state index is -0.508. The molecule has 0 bridgehead atoms. The Morgan fingerprint density at radius 1 is 0.225 bits per heavy atom. The Bertz CT molecular complexity index is 3850. The van der Waals surface area contributed by atoms with Gasteiger partial charge in [0.15, 0.2) is 17.5 Å². The topological polar surface area (TPSA) is 38.7 Å². The van der Waals surface area contributed by atoms with Gasteiger partial charge >= 0.3 is 0 Å². The molecular formula is C68H45N3. The van der Waals surface area contributed by atoms with E-state index in [2.05, 4.69) is 267 Å². The van der Waals surface area contributed by atoms with Crippen LogP contribution in [0.25, 0.3) is 101 Å². The van der Waals surface area contributed by atoms with Crippen LogP contribution in [-0.4, -0.2) is 15.0 Å². The second kappa shape index (κ2) is 17.6.